The highest BCUT2D eigenvalue weighted by Crippen LogP contribution is 2.20. The van der Waals surface area contributed by atoms with Crippen molar-refractivity contribution in [2.45, 2.75) is 39.7 Å². The summed E-state index contributed by atoms with van der Waals surface area (Å²) in [7, 11) is 0. The van der Waals surface area contributed by atoms with Gasteiger partial charge in [-0.1, -0.05) is 0 Å². The zero-order chi connectivity index (χ0) is 16.4. The first-order chi connectivity index (χ1) is 11.0. The van der Waals surface area contributed by atoms with Crippen molar-refractivity contribution >= 4 is 11.7 Å². The monoisotopic (exact) mass is 314 g/mol. The molecule has 3 heterocycles. The zero-order valence-corrected chi connectivity index (χ0v) is 13.8. The first-order valence-corrected chi connectivity index (χ1v) is 7.94. The van der Waals surface area contributed by atoms with E-state index in [-0.39, 0.29) is 5.91 Å². The topological polar surface area (TPSA) is 71.3 Å². The van der Waals surface area contributed by atoms with Crippen LogP contribution in [0, 0.1) is 20.8 Å². The van der Waals surface area contributed by atoms with Gasteiger partial charge in [-0.2, -0.15) is 0 Å². The highest BCUT2D eigenvalue weighted by Gasteiger charge is 2.25. The fourth-order valence-corrected chi connectivity index (χ4v) is 2.98. The molecule has 0 spiro atoms. The standard InChI is InChI=1S/C17H22N4O2/c1-11-8-16(19-10-18-11)20-14-4-6-21(7-5-14)17(22)15-9-12(2)23-13(15)3/h8-10,14H,4-7H2,1-3H3,(H,18,19,20). The van der Waals surface area contributed by atoms with Crippen molar-refractivity contribution in [3.05, 3.63) is 41.2 Å². The molecule has 3 rings (SSSR count). The van der Waals surface area contributed by atoms with Crippen LogP contribution in [0.4, 0.5) is 5.82 Å². The number of nitrogens with one attached hydrogen (secondary N) is 1. The van der Waals surface area contributed by atoms with Crippen LogP contribution in [0.25, 0.3) is 0 Å². The molecule has 6 heteroatoms. The lowest BCUT2D eigenvalue weighted by molar-refractivity contribution is 0.0716. The average molecular weight is 314 g/mol. The summed E-state index contributed by atoms with van der Waals surface area (Å²) >= 11 is 0. The molecular formula is C17H22N4O2. The van der Waals surface area contributed by atoms with Crippen molar-refractivity contribution in [3.8, 4) is 0 Å². The van der Waals surface area contributed by atoms with E-state index in [1.807, 2.05) is 37.8 Å². The molecule has 0 bridgehead atoms. The van der Waals surface area contributed by atoms with Gasteiger partial charge in [-0.15, -0.1) is 0 Å². The summed E-state index contributed by atoms with van der Waals surface area (Å²) in [5.41, 5.74) is 1.63. The molecule has 23 heavy (non-hydrogen) atoms. The van der Waals surface area contributed by atoms with Gasteiger partial charge in [-0.05, 0) is 39.7 Å². The molecule has 0 unspecified atom stereocenters. The lowest BCUT2D eigenvalue weighted by Gasteiger charge is -2.32. The third-order valence-electron chi connectivity index (χ3n) is 4.21. The number of furan rings is 1. The van der Waals surface area contributed by atoms with Gasteiger partial charge in [0.1, 0.15) is 23.7 Å². The molecule has 2 aromatic rings. The molecule has 1 amide bonds. The van der Waals surface area contributed by atoms with Gasteiger partial charge in [0.2, 0.25) is 0 Å². The zero-order valence-electron chi connectivity index (χ0n) is 13.8. The molecule has 0 aliphatic carbocycles. The normalized spacial score (nSPS) is 15.7. The van der Waals surface area contributed by atoms with Gasteiger partial charge in [-0.25, -0.2) is 9.97 Å². The number of rotatable bonds is 3. The van der Waals surface area contributed by atoms with E-state index in [1.54, 1.807) is 6.33 Å². The molecule has 0 saturated carbocycles. The van der Waals surface area contributed by atoms with Crippen molar-refractivity contribution in [1.82, 2.24) is 14.9 Å². The molecule has 2 aromatic heterocycles. The summed E-state index contributed by atoms with van der Waals surface area (Å²) in [4.78, 5) is 22.8. The van der Waals surface area contributed by atoms with Crippen LogP contribution >= 0.6 is 0 Å². The summed E-state index contributed by atoms with van der Waals surface area (Å²) < 4.78 is 5.46. The Morgan fingerprint density at radius 2 is 1.96 bits per heavy atom. The fraction of sp³-hybridized carbons (Fsp3) is 0.471. The number of hydrogen-bond acceptors (Lipinski definition) is 5. The molecule has 1 aliphatic rings. The maximum absolute atomic E-state index is 12.6. The second kappa shape index (κ2) is 6.40. The van der Waals surface area contributed by atoms with Crippen molar-refractivity contribution in [1.29, 1.82) is 0 Å². The van der Waals surface area contributed by atoms with Crippen molar-refractivity contribution in [2.75, 3.05) is 18.4 Å². The summed E-state index contributed by atoms with van der Waals surface area (Å²) in [6.45, 7) is 7.13. The minimum atomic E-state index is 0.0654. The van der Waals surface area contributed by atoms with E-state index < -0.39 is 0 Å². The van der Waals surface area contributed by atoms with E-state index in [0.29, 0.717) is 17.4 Å². The number of piperidine rings is 1. The van der Waals surface area contributed by atoms with Gasteiger partial charge in [0.15, 0.2) is 0 Å². The Balaban J connectivity index is 1.58. The van der Waals surface area contributed by atoms with E-state index in [9.17, 15) is 4.79 Å². The Kier molecular flexibility index (Phi) is 4.32. The van der Waals surface area contributed by atoms with Crippen molar-refractivity contribution in [3.63, 3.8) is 0 Å². The number of carbonyl (C=O) groups is 1. The Bertz CT molecular complexity index is 702. The number of carbonyl (C=O) groups excluding carboxylic acids is 1. The number of anilines is 1. The van der Waals surface area contributed by atoms with Crippen LogP contribution in [0.2, 0.25) is 0 Å². The van der Waals surface area contributed by atoms with Crippen LogP contribution in [0.1, 0.15) is 40.4 Å². The molecule has 1 fully saturated rings. The minimum Gasteiger partial charge on any atom is -0.466 e. The van der Waals surface area contributed by atoms with Gasteiger partial charge in [0.05, 0.1) is 5.56 Å². The smallest absolute Gasteiger partial charge is 0.257 e. The number of likely N-dealkylation sites (tertiary alicyclic amines) is 1. The Labute approximate surface area is 135 Å². The van der Waals surface area contributed by atoms with Gasteiger partial charge < -0.3 is 14.6 Å². The molecule has 1 aliphatic heterocycles. The second-order valence-electron chi connectivity index (χ2n) is 6.08. The molecule has 122 valence electrons. The number of aryl methyl sites for hydroxylation is 3. The van der Waals surface area contributed by atoms with Crippen LogP contribution in [-0.2, 0) is 0 Å². The predicted molar refractivity (Wildman–Crippen MR) is 87.5 cm³/mol. The minimum absolute atomic E-state index is 0.0654. The van der Waals surface area contributed by atoms with E-state index in [0.717, 1.165) is 43.2 Å². The maximum Gasteiger partial charge on any atom is 0.257 e. The van der Waals surface area contributed by atoms with E-state index >= 15 is 0 Å². The van der Waals surface area contributed by atoms with Crippen molar-refractivity contribution in [2.24, 2.45) is 0 Å². The van der Waals surface area contributed by atoms with E-state index in [1.165, 1.54) is 0 Å². The Hall–Kier alpha value is -2.37. The van der Waals surface area contributed by atoms with E-state index in [2.05, 4.69) is 15.3 Å². The predicted octanol–water partition coefficient (Wildman–Crippen LogP) is 2.71. The molecule has 1 N–H and O–H groups in total. The van der Waals surface area contributed by atoms with Crippen LogP contribution in [0.15, 0.2) is 22.9 Å². The summed E-state index contributed by atoms with van der Waals surface area (Å²) in [6, 6.07) is 4.10. The molecular weight excluding hydrogens is 292 g/mol. The quantitative estimate of drug-likeness (QED) is 0.943. The average Bonchev–Trinajstić information content (AvgIpc) is 2.86. The highest BCUT2D eigenvalue weighted by atomic mass is 16.3. The SMILES string of the molecule is Cc1cc(NC2CCN(C(=O)c3cc(C)oc3C)CC2)ncn1. The van der Waals surface area contributed by atoms with Crippen LogP contribution in [0.5, 0.6) is 0 Å². The lowest BCUT2D eigenvalue weighted by atomic mass is 10.0. The third-order valence-corrected chi connectivity index (χ3v) is 4.21. The third kappa shape index (κ3) is 3.52. The largest absolute Gasteiger partial charge is 0.466 e. The molecule has 0 atom stereocenters. The number of amides is 1. The van der Waals surface area contributed by atoms with Crippen LogP contribution in [-0.4, -0.2) is 39.9 Å². The first kappa shape index (κ1) is 15.5. The number of hydrogen-bond donors (Lipinski definition) is 1. The van der Waals surface area contributed by atoms with Gasteiger partial charge in [0.25, 0.3) is 5.91 Å². The number of aromatic nitrogens is 2. The Morgan fingerprint density at radius 1 is 1.22 bits per heavy atom. The van der Waals surface area contributed by atoms with Crippen LogP contribution in [0.3, 0.4) is 0 Å². The van der Waals surface area contributed by atoms with Crippen LogP contribution < -0.4 is 5.32 Å². The fourth-order valence-electron chi connectivity index (χ4n) is 2.98. The summed E-state index contributed by atoms with van der Waals surface area (Å²) in [5, 5.41) is 3.43. The summed E-state index contributed by atoms with van der Waals surface area (Å²) in [6.07, 6.45) is 3.38. The molecule has 1 saturated heterocycles. The molecule has 0 aromatic carbocycles. The first-order valence-electron chi connectivity index (χ1n) is 7.94. The maximum atomic E-state index is 12.6. The van der Waals surface area contributed by atoms with E-state index in [4.69, 9.17) is 4.42 Å². The molecule has 0 radical (unpaired) electrons. The Morgan fingerprint density at radius 3 is 2.57 bits per heavy atom. The van der Waals surface area contributed by atoms with Crippen molar-refractivity contribution < 1.29 is 9.21 Å². The summed E-state index contributed by atoms with van der Waals surface area (Å²) in [5.74, 6) is 2.39. The van der Waals surface area contributed by atoms with Gasteiger partial charge in [0, 0.05) is 30.9 Å². The lowest BCUT2D eigenvalue weighted by Crippen LogP contribution is -2.42. The van der Waals surface area contributed by atoms with Gasteiger partial charge >= 0.3 is 0 Å². The second-order valence-corrected chi connectivity index (χ2v) is 6.08. The number of nitrogens with zero attached hydrogens (tertiary/aromatic N) is 3. The highest BCUT2D eigenvalue weighted by molar-refractivity contribution is 5.95. The molecule has 6 nitrogen and oxygen atoms in total. The van der Waals surface area contributed by atoms with Gasteiger partial charge in [-0.3, -0.25) is 4.79 Å².